The van der Waals surface area contributed by atoms with Crippen LogP contribution in [0.3, 0.4) is 0 Å². The maximum absolute atomic E-state index is 13.4. The molecule has 1 amide bonds. The number of carbonyl (C=O) groups is 1. The van der Waals surface area contributed by atoms with Crippen LogP contribution in [0.5, 0.6) is 5.75 Å². The van der Waals surface area contributed by atoms with Crippen molar-refractivity contribution in [3.8, 4) is 5.75 Å². The number of rotatable bonds is 7. The molecule has 0 bridgehead atoms. The Morgan fingerprint density at radius 2 is 2.04 bits per heavy atom. The summed E-state index contributed by atoms with van der Waals surface area (Å²) < 4.78 is 18.4. The van der Waals surface area contributed by atoms with E-state index in [0.29, 0.717) is 12.5 Å². The Balaban J connectivity index is 1.79. The van der Waals surface area contributed by atoms with Crippen LogP contribution in [0, 0.1) is 15.9 Å². The second kappa shape index (κ2) is 9.16. The molecular weight excluding hydrogens is 343 g/mol. The predicted octanol–water partition coefficient (Wildman–Crippen LogP) is 3.77. The van der Waals surface area contributed by atoms with E-state index in [0.717, 1.165) is 11.6 Å². The lowest BCUT2D eigenvalue weighted by Crippen LogP contribution is -2.24. The third-order valence-corrected chi connectivity index (χ3v) is 3.37. The zero-order valence-corrected chi connectivity index (χ0v) is 13.7. The first kappa shape index (κ1) is 18.9. The molecule has 136 valence electrons. The number of nitrogens with one attached hydrogen (secondary N) is 1. The molecule has 0 spiro atoms. The number of nitro benzene ring substituents is 1. The van der Waals surface area contributed by atoms with Gasteiger partial charge in [0.15, 0.2) is 0 Å². The van der Waals surface area contributed by atoms with Gasteiger partial charge in [0, 0.05) is 12.1 Å². The van der Waals surface area contributed by atoms with Crippen molar-refractivity contribution in [2.24, 2.45) is 0 Å². The predicted molar refractivity (Wildman–Crippen MR) is 93.0 cm³/mol. The minimum absolute atomic E-state index is 0.0108. The second-order valence-corrected chi connectivity index (χ2v) is 5.30. The van der Waals surface area contributed by atoms with Crippen molar-refractivity contribution in [1.82, 2.24) is 5.32 Å². The Bertz CT molecular complexity index is 809. The van der Waals surface area contributed by atoms with Crippen LogP contribution >= 0.6 is 0 Å². The molecule has 0 heterocycles. The fraction of sp³-hybridized carbons (Fsp3) is 0.167. The van der Waals surface area contributed by atoms with E-state index in [2.05, 4.69) is 5.32 Å². The van der Waals surface area contributed by atoms with Gasteiger partial charge in [0.05, 0.1) is 11.0 Å². The fourth-order valence-electron chi connectivity index (χ4n) is 2.11. The molecule has 2 aromatic carbocycles. The van der Waals surface area contributed by atoms with Gasteiger partial charge in [-0.15, -0.1) is 0 Å². The van der Waals surface area contributed by atoms with Crippen LogP contribution in [0.4, 0.5) is 14.9 Å². The third kappa shape index (κ3) is 5.59. The van der Waals surface area contributed by atoms with Crippen LogP contribution in [0.2, 0.25) is 0 Å². The van der Waals surface area contributed by atoms with Crippen molar-refractivity contribution in [3.05, 3.63) is 75.6 Å². The smallest absolute Gasteiger partial charge is 0.407 e. The number of nitrogens with zero attached hydrogens (tertiary/aromatic N) is 1. The monoisotopic (exact) mass is 360 g/mol. The molecule has 2 rings (SSSR count). The van der Waals surface area contributed by atoms with Crippen molar-refractivity contribution >= 4 is 17.9 Å². The lowest BCUT2D eigenvalue weighted by molar-refractivity contribution is -0.386. The molecule has 0 aliphatic rings. The highest BCUT2D eigenvalue weighted by Gasteiger charge is 2.17. The number of benzene rings is 2. The van der Waals surface area contributed by atoms with Gasteiger partial charge in [0.2, 0.25) is 5.75 Å². The Hall–Kier alpha value is -3.42. The molecule has 0 aliphatic heterocycles. The minimum Gasteiger partial charge on any atom is -0.502 e. The quantitative estimate of drug-likeness (QED) is 0.445. The Kier molecular flexibility index (Phi) is 6.67. The Morgan fingerprint density at radius 3 is 2.73 bits per heavy atom. The van der Waals surface area contributed by atoms with Crippen molar-refractivity contribution in [1.29, 1.82) is 0 Å². The van der Waals surface area contributed by atoms with Crippen molar-refractivity contribution in [2.45, 2.75) is 13.0 Å². The van der Waals surface area contributed by atoms with E-state index in [-0.39, 0.29) is 18.7 Å². The van der Waals surface area contributed by atoms with E-state index in [9.17, 15) is 24.4 Å². The zero-order valence-electron chi connectivity index (χ0n) is 13.7. The van der Waals surface area contributed by atoms with Crippen LogP contribution < -0.4 is 5.32 Å². The largest absolute Gasteiger partial charge is 0.502 e. The normalized spacial score (nSPS) is 10.7. The maximum Gasteiger partial charge on any atom is 0.407 e. The zero-order chi connectivity index (χ0) is 18.9. The number of alkyl carbamates (subject to hydrolysis) is 1. The van der Waals surface area contributed by atoms with Crippen LogP contribution in [0.15, 0.2) is 48.5 Å². The van der Waals surface area contributed by atoms with Crippen molar-refractivity contribution < 1.29 is 24.0 Å². The Morgan fingerprint density at radius 1 is 1.31 bits per heavy atom. The van der Waals surface area contributed by atoms with Gasteiger partial charge in [-0.3, -0.25) is 10.1 Å². The highest BCUT2D eigenvalue weighted by atomic mass is 19.1. The molecule has 7 nitrogen and oxygen atoms in total. The standard InChI is InChI=1S/C18H17FN2O5/c19-15-10-14(17(22)16(11-15)21(24)25)8-4-5-9-20-18(23)26-12-13-6-2-1-3-7-13/h1-4,6-8,10-11,22H,5,9,12H2,(H,20,23). The number of nitro groups is 1. The number of hydrogen-bond donors (Lipinski definition) is 2. The number of ether oxygens (including phenoxy) is 1. The van der Waals surface area contributed by atoms with Gasteiger partial charge < -0.3 is 15.2 Å². The molecule has 0 radical (unpaired) electrons. The molecule has 2 N–H and O–H groups in total. The summed E-state index contributed by atoms with van der Waals surface area (Å²) in [5.41, 5.74) is 0.154. The van der Waals surface area contributed by atoms with Crippen LogP contribution in [-0.2, 0) is 11.3 Å². The van der Waals surface area contributed by atoms with Gasteiger partial charge in [0.25, 0.3) is 0 Å². The van der Waals surface area contributed by atoms with Gasteiger partial charge in [-0.25, -0.2) is 9.18 Å². The SMILES string of the molecule is O=C(NCCC=Cc1cc(F)cc([N+](=O)[O-])c1O)OCc1ccccc1. The first-order valence-corrected chi connectivity index (χ1v) is 7.75. The van der Waals surface area contributed by atoms with Gasteiger partial charge >= 0.3 is 11.8 Å². The number of phenolic OH excluding ortho intramolecular Hbond substituents is 1. The number of phenols is 1. The molecular formula is C18H17FN2O5. The molecule has 0 aromatic heterocycles. The molecule has 0 atom stereocenters. The van der Waals surface area contributed by atoms with Crippen LogP contribution in [0.25, 0.3) is 6.08 Å². The highest BCUT2D eigenvalue weighted by Crippen LogP contribution is 2.31. The Labute approximate surface area is 148 Å². The van der Waals surface area contributed by atoms with Crippen LogP contribution in [-0.4, -0.2) is 22.7 Å². The summed E-state index contributed by atoms with van der Waals surface area (Å²) in [6.07, 6.45) is 2.69. The van der Waals surface area contributed by atoms with E-state index < -0.39 is 28.3 Å². The summed E-state index contributed by atoms with van der Waals surface area (Å²) in [4.78, 5) is 21.4. The van der Waals surface area contributed by atoms with E-state index in [1.807, 2.05) is 30.3 Å². The average molecular weight is 360 g/mol. The molecule has 0 unspecified atom stereocenters. The lowest BCUT2D eigenvalue weighted by Gasteiger charge is -2.06. The summed E-state index contributed by atoms with van der Waals surface area (Å²) in [7, 11) is 0. The maximum atomic E-state index is 13.4. The van der Waals surface area contributed by atoms with Crippen molar-refractivity contribution in [2.75, 3.05) is 6.54 Å². The summed E-state index contributed by atoms with van der Waals surface area (Å²) in [6.45, 7) is 0.408. The van der Waals surface area contributed by atoms with Gasteiger partial charge in [-0.05, 0) is 18.1 Å². The van der Waals surface area contributed by atoms with E-state index in [1.54, 1.807) is 6.08 Å². The summed E-state index contributed by atoms with van der Waals surface area (Å²) >= 11 is 0. The van der Waals surface area contributed by atoms with E-state index in [1.165, 1.54) is 6.08 Å². The number of hydrogen-bond acceptors (Lipinski definition) is 5. The summed E-state index contributed by atoms with van der Waals surface area (Å²) in [5.74, 6) is -1.43. The van der Waals surface area contributed by atoms with Crippen molar-refractivity contribution in [3.63, 3.8) is 0 Å². The van der Waals surface area contributed by atoms with Crippen LogP contribution in [0.1, 0.15) is 17.5 Å². The molecule has 2 aromatic rings. The topological polar surface area (TPSA) is 102 Å². The lowest BCUT2D eigenvalue weighted by atomic mass is 10.1. The van der Waals surface area contributed by atoms with Gasteiger partial charge in [-0.2, -0.15) is 0 Å². The molecule has 0 fully saturated rings. The molecule has 26 heavy (non-hydrogen) atoms. The first-order valence-electron chi connectivity index (χ1n) is 7.75. The number of amides is 1. The minimum atomic E-state index is -0.861. The third-order valence-electron chi connectivity index (χ3n) is 3.37. The number of carbonyl (C=O) groups excluding carboxylic acids is 1. The number of halogens is 1. The van der Waals surface area contributed by atoms with E-state index >= 15 is 0 Å². The van der Waals surface area contributed by atoms with Gasteiger partial charge in [-0.1, -0.05) is 42.5 Å². The fourth-order valence-corrected chi connectivity index (χ4v) is 2.11. The first-order chi connectivity index (χ1) is 12.5. The molecule has 0 saturated heterocycles. The summed E-state index contributed by atoms with van der Waals surface area (Å²) in [5, 5.41) is 23.0. The molecule has 0 saturated carbocycles. The van der Waals surface area contributed by atoms with E-state index in [4.69, 9.17) is 4.74 Å². The van der Waals surface area contributed by atoms with Gasteiger partial charge in [0.1, 0.15) is 12.4 Å². The summed E-state index contributed by atoms with van der Waals surface area (Å²) in [6, 6.07) is 10.8. The average Bonchev–Trinajstić information content (AvgIpc) is 2.62. The molecule has 8 heteroatoms. The molecule has 0 aliphatic carbocycles. The highest BCUT2D eigenvalue weighted by molar-refractivity contribution is 5.67. The second-order valence-electron chi connectivity index (χ2n) is 5.30. The number of aromatic hydroxyl groups is 1.